The first-order valence-electron chi connectivity index (χ1n) is 9.31. The number of hydrogen-bond acceptors (Lipinski definition) is 4. The summed E-state index contributed by atoms with van der Waals surface area (Å²) in [5.74, 6) is 2.34. The van der Waals surface area contributed by atoms with E-state index >= 15 is 0 Å². The Morgan fingerprint density at radius 3 is 2.60 bits per heavy atom. The Morgan fingerprint density at radius 1 is 1.24 bits per heavy atom. The molecule has 1 saturated carbocycles. The summed E-state index contributed by atoms with van der Waals surface area (Å²) in [6.45, 7) is 5.58. The van der Waals surface area contributed by atoms with Crippen molar-refractivity contribution in [3.63, 3.8) is 0 Å². The molecule has 0 bridgehead atoms. The topological polar surface area (TPSA) is 79.8 Å². The molecule has 3 unspecified atom stereocenters. The van der Waals surface area contributed by atoms with E-state index in [4.69, 9.17) is 4.74 Å². The molecule has 2 saturated heterocycles. The van der Waals surface area contributed by atoms with E-state index in [2.05, 4.69) is 29.5 Å². The molecule has 0 amide bonds. The van der Waals surface area contributed by atoms with Crippen LogP contribution in [0.15, 0.2) is 4.99 Å². The maximum Gasteiger partial charge on any atom is 0.191 e. The van der Waals surface area contributed by atoms with Gasteiger partial charge in [0.25, 0.3) is 0 Å². The lowest BCUT2D eigenvalue weighted by molar-refractivity contribution is -0.00827. The minimum absolute atomic E-state index is 0. The van der Waals surface area contributed by atoms with Crippen LogP contribution >= 0.6 is 24.0 Å². The number of aliphatic imine (C=N–C) groups is 1. The number of guanidine groups is 1. The van der Waals surface area contributed by atoms with Gasteiger partial charge in [0.1, 0.15) is 0 Å². The quantitative estimate of drug-likeness (QED) is 0.354. The molecule has 3 fully saturated rings. The molecule has 146 valence electrons. The molecule has 25 heavy (non-hydrogen) atoms. The van der Waals surface area contributed by atoms with Crippen molar-refractivity contribution in [2.45, 2.75) is 64.1 Å². The van der Waals surface area contributed by atoms with E-state index in [-0.39, 0.29) is 35.6 Å². The summed E-state index contributed by atoms with van der Waals surface area (Å²) >= 11 is 0. The first-order valence-corrected chi connectivity index (χ1v) is 11.1. The molecule has 0 aromatic heterocycles. The summed E-state index contributed by atoms with van der Waals surface area (Å²) in [6, 6.07) is 0.685. The number of rotatable bonds is 5. The van der Waals surface area contributed by atoms with Gasteiger partial charge in [0.2, 0.25) is 0 Å². The van der Waals surface area contributed by atoms with Crippen LogP contribution in [0, 0.1) is 11.8 Å². The summed E-state index contributed by atoms with van der Waals surface area (Å²) in [5, 5.41) is 6.93. The van der Waals surface area contributed by atoms with E-state index in [1.165, 1.54) is 12.8 Å². The Kier molecular flexibility index (Phi) is 7.82. The first kappa shape index (κ1) is 21.2. The van der Waals surface area contributed by atoms with Crippen LogP contribution in [0.4, 0.5) is 0 Å². The highest BCUT2D eigenvalue weighted by atomic mass is 127. The second-order valence-corrected chi connectivity index (χ2v) is 10.1. The molecule has 0 aromatic carbocycles. The van der Waals surface area contributed by atoms with Crippen molar-refractivity contribution in [1.82, 2.24) is 10.6 Å². The minimum atomic E-state index is -2.83. The molecule has 2 heterocycles. The molecular formula is C17H32IN3O3S. The van der Waals surface area contributed by atoms with Gasteiger partial charge in [0, 0.05) is 25.2 Å². The largest absolute Gasteiger partial charge is 0.378 e. The van der Waals surface area contributed by atoms with Crippen LogP contribution < -0.4 is 10.6 Å². The van der Waals surface area contributed by atoms with Crippen molar-refractivity contribution in [3.05, 3.63) is 0 Å². The van der Waals surface area contributed by atoms with Crippen molar-refractivity contribution in [1.29, 1.82) is 0 Å². The lowest BCUT2D eigenvalue weighted by atomic mass is 10.0. The zero-order chi connectivity index (χ0) is 17.2. The zero-order valence-electron chi connectivity index (χ0n) is 15.2. The summed E-state index contributed by atoms with van der Waals surface area (Å²) in [4.78, 5) is 4.68. The monoisotopic (exact) mass is 485 g/mol. The molecule has 2 aliphatic heterocycles. The predicted octanol–water partition coefficient (Wildman–Crippen LogP) is 1.94. The Labute approximate surface area is 168 Å². The highest BCUT2D eigenvalue weighted by Crippen LogP contribution is 2.38. The van der Waals surface area contributed by atoms with E-state index in [1.54, 1.807) is 0 Å². The lowest BCUT2D eigenvalue weighted by Gasteiger charge is -2.31. The van der Waals surface area contributed by atoms with E-state index in [9.17, 15) is 8.42 Å². The third kappa shape index (κ3) is 6.86. The van der Waals surface area contributed by atoms with Crippen molar-refractivity contribution >= 4 is 39.8 Å². The lowest BCUT2D eigenvalue weighted by Crippen LogP contribution is -2.49. The Morgan fingerprint density at radius 2 is 2.00 bits per heavy atom. The molecule has 0 spiro atoms. The van der Waals surface area contributed by atoms with Gasteiger partial charge in [-0.05, 0) is 57.8 Å². The van der Waals surface area contributed by atoms with Crippen molar-refractivity contribution in [2.75, 3.05) is 24.7 Å². The fraction of sp³-hybridized carbons (Fsp3) is 0.941. The average Bonchev–Trinajstić information content (AvgIpc) is 3.29. The Hall–Kier alpha value is -0.0900. The molecule has 0 aromatic rings. The summed E-state index contributed by atoms with van der Waals surface area (Å²) in [5.41, 5.74) is 0. The van der Waals surface area contributed by atoms with Crippen LogP contribution in [-0.4, -0.2) is 57.2 Å². The number of nitrogens with one attached hydrogen (secondary N) is 2. The van der Waals surface area contributed by atoms with E-state index < -0.39 is 9.84 Å². The number of nitrogens with zero attached hydrogens (tertiary/aromatic N) is 1. The fourth-order valence-corrected chi connectivity index (χ4v) is 5.44. The highest BCUT2D eigenvalue weighted by molar-refractivity contribution is 14.0. The van der Waals surface area contributed by atoms with Gasteiger partial charge in [-0.2, -0.15) is 0 Å². The van der Waals surface area contributed by atoms with Crippen LogP contribution in [0.5, 0.6) is 0 Å². The van der Waals surface area contributed by atoms with Gasteiger partial charge in [-0.3, -0.25) is 4.99 Å². The maximum absolute atomic E-state index is 11.6. The van der Waals surface area contributed by atoms with Crippen LogP contribution in [0.25, 0.3) is 0 Å². The molecule has 0 radical (unpaired) electrons. The second-order valence-electron chi connectivity index (χ2n) is 7.87. The Bertz CT molecular complexity index is 563. The molecule has 3 aliphatic rings. The highest BCUT2D eigenvalue weighted by Gasteiger charge is 2.36. The van der Waals surface area contributed by atoms with Gasteiger partial charge in [-0.1, -0.05) is 0 Å². The number of sulfone groups is 1. The molecule has 2 N–H and O–H groups in total. The minimum Gasteiger partial charge on any atom is -0.378 e. The molecule has 3 rings (SSSR count). The van der Waals surface area contributed by atoms with Crippen molar-refractivity contribution in [3.8, 4) is 0 Å². The average molecular weight is 485 g/mol. The van der Waals surface area contributed by atoms with Crippen LogP contribution in [-0.2, 0) is 14.6 Å². The molecular weight excluding hydrogens is 453 g/mol. The second kappa shape index (κ2) is 9.21. The predicted molar refractivity (Wildman–Crippen MR) is 111 cm³/mol. The summed E-state index contributed by atoms with van der Waals surface area (Å²) in [7, 11) is -2.83. The standard InChI is InChI=1S/C17H31N3O3S.HI/c1-12(2)19-17(18-10-13-6-8-24(21,22)11-13)20-15-5-7-23-16(9-15)14-3-4-14;/h12-16H,3-11H2,1-2H3,(H2,18,19,20);1H. The third-order valence-corrected chi connectivity index (χ3v) is 6.90. The number of halogens is 1. The van der Waals surface area contributed by atoms with Crippen LogP contribution in [0.1, 0.15) is 46.0 Å². The number of hydrogen-bond donors (Lipinski definition) is 2. The summed E-state index contributed by atoms with van der Waals surface area (Å²) < 4.78 is 29.1. The van der Waals surface area contributed by atoms with Crippen LogP contribution in [0.3, 0.4) is 0 Å². The smallest absolute Gasteiger partial charge is 0.191 e. The van der Waals surface area contributed by atoms with Crippen LogP contribution in [0.2, 0.25) is 0 Å². The zero-order valence-corrected chi connectivity index (χ0v) is 18.4. The van der Waals surface area contributed by atoms with Gasteiger partial charge >= 0.3 is 0 Å². The number of ether oxygens (including phenoxy) is 1. The molecule has 1 aliphatic carbocycles. The van der Waals surface area contributed by atoms with E-state index in [0.29, 0.717) is 30.5 Å². The van der Waals surface area contributed by atoms with Gasteiger partial charge < -0.3 is 15.4 Å². The molecule has 6 nitrogen and oxygen atoms in total. The summed E-state index contributed by atoms with van der Waals surface area (Å²) in [6.07, 6.45) is 5.79. The maximum atomic E-state index is 11.6. The molecule has 8 heteroatoms. The Balaban J connectivity index is 0.00000225. The van der Waals surface area contributed by atoms with Gasteiger partial charge in [-0.15, -0.1) is 24.0 Å². The van der Waals surface area contributed by atoms with Crippen molar-refractivity contribution in [2.24, 2.45) is 16.8 Å². The van der Waals surface area contributed by atoms with Gasteiger partial charge in [0.15, 0.2) is 15.8 Å². The fourth-order valence-electron chi connectivity index (χ4n) is 3.59. The van der Waals surface area contributed by atoms with E-state index in [0.717, 1.165) is 37.7 Å². The SMILES string of the molecule is CC(C)NC(=NCC1CCS(=O)(=O)C1)NC1CCOC(C2CC2)C1.I. The first-order chi connectivity index (χ1) is 11.4. The van der Waals surface area contributed by atoms with Gasteiger partial charge in [0.05, 0.1) is 17.6 Å². The van der Waals surface area contributed by atoms with Crippen molar-refractivity contribution < 1.29 is 13.2 Å². The normalized spacial score (nSPS) is 32.3. The van der Waals surface area contributed by atoms with Gasteiger partial charge in [-0.25, -0.2) is 8.42 Å². The van der Waals surface area contributed by atoms with E-state index in [1.807, 2.05) is 0 Å². The molecule has 3 atom stereocenters. The third-order valence-electron chi connectivity index (χ3n) is 5.06.